The van der Waals surface area contributed by atoms with Crippen molar-refractivity contribution in [2.45, 2.75) is 37.9 Å². The highest BCUT2D eigenvalue weighted by Gasteiger charge is 2.30. The Labute approximate surface area is 101 Å². The van der Waals surface area contributed by atoms with E-state index in [1.165, 1.54) is 26.4 Å². The van der Waals surface area contributed by atoms with Gasteiger partial charge in [-0.25, -0.2) is 13.4 Å². The van der Waals surface area contributed by atoms with E-state index in [1.54, 1.807) is 4.57 Å². The first-order valence-corrected chi connectivity index (χ1v) is 6.57. The van der Waals surface area contributed by atoms with E-state index in [0.29, 0.717) is 6.54 Å². The number of hydrogen-bond donors (Lipinski definition) is 3. The van der Waals surface area contributed by atoms with E-state index in [4.69, 9.17) is 11.1 Å². The zero-order valence-corrected chi connectivity index (χ0v) is 10.9. The molecule has 8 heteroatoms. The van der Waals surface area contributed by atoms with Crippen molar-refractivity contribution in [1.29, 1.82) is 5.41 Å². The van der Waals surface area contributed by atoms with Crippen LogP contribution in [0.3, 0.4) is 0 Å². The maximum absolute atomic E-state index is 11.9. The summed E-state index contributed by atoms with van der Waals surface area (Å²) in [6, 6.07) is 0. The summed E-state index contributed by atoms with van der Waals surface area (Å²) in [4.78, 5) is 3.80. The van der Waals surface area contributed by atoms with Crippen LogP contribution < -0.4 is 10.5 Å². The lowest BCUT2D eigenvalue weighted by Crippen LogP contribution is -2.52. The van der Waals surface area contributed by atoms with Crippen molar-refractivity contribution >= 4 is 15.9 Å². The number of imidazole rings is 1. The average molecular weight is 259 g/mol. The van der Waals surface area contributed by atoms with E-state index < -0.39 is 15.6 Å². The molecule has 4 N–H and O–H groups in total. The van der Waals surface area contributed by atoms with E-state index >= 15 is 0 Å². The molecule has 0 atom stereocenters. The minimum absolute atomic E-state index is 0.0753. The normalized spacial score (nSPS) is 12.6. The zero-order chi connectivity index (χ0) is 13.3. The molecule has 0 aliphatic carbocycles. The van der Waals surface area contributed by atoms with Crippen molar-refractivity contribution in [1.82, 2.24) is 14.3 Å². The Kier molecular flexibility index (Phi) is 3.58. The SMILES string of the molecule is CCn1cnc(S(=O)(=O)NC(C)(C)C(=N)N)c1. The predicted molar refractivity (Wildman–Crippen MR) is 64.2 cm³/mol. The predicted octanol–water partition coefficient (Wildman–Crippen LogP) is -0.104. The maximum atomic E-state index is 11.9. The van der Waals surface area contributed by atoms with Crippen LogP contribution in [0.4, 0.5) is 0 Å². The number of aryl methyl sites for hydroxylation is 1. The van der Waals surface area contributed by atoms with Crippen LogP contribution in [-0.2, 0) is 16.6 Å². The molecule has 96 valence electrons. The molecule has 0 fully saturated rings. The van der Waals surface area contributed by atoms with Gasteiger partial charge in [0.05, 0.1) is 11.9 Å². The van der Waals surface area contributed by atoms with Crippen LogP contribution >= 0.6 is 0 Å². The molecule has 0 aliphatic heterocycles. The molecule has 0 saturated carbocycles. The van der Waals surface area contributed by atoms with Crippen molar-refractivity contribution < 1.29 is 8.42 Å². The third kappa shape index (κ3) is 3.04. The van der Waals surface area contributed by atoms with Crippen LogP contribution in [-0.4, -0.2) is 29.3 Å². The van der Waals surface area contributed by atoms with Gasteiger partial charge in [-0.2, -0.15) is 4.72 Å². The molecule has 7 nitrogen and oxygen atoms in total. The molecule has 0 spiro atoms. The van der Waals surface area contributed by atoms with E-state index in [0.717, 1.165) is 0 Å². The molecule has 0 aliphatic rings. The molecule has 17 heavy (non-hydrogen) atoms. The zero-order valence-electron chi connectivity index (χ0n) is 10.1. The van der Waals surface area contributed by atoms with Crippen LogP contribution in [0.15, 0.2) is 17.6 Å². The fraction of sp³-hybridized carbons (Fsp3) is 0.556. The smallest absolute Gasteiger partial charge is 0.260 e. The number of amidine groups is 1. The number of nitrogens with two attached hydrogens (primary N) is 1. The van der Waals surface area contributed by atoms with Crippen molar-refractivity contribution in [3.63, 3.8) is 0 Å². The van der Waals surface area contributed by atoms with Gasteiger partial charge in [-0.05, 0) is 20.8 Å². The molecular formula is C9H17N5O2S. The molecule has 0 aromatic carbocycles. The first-order valence-electron chi connectivity index (χ1n) is 5.09. The third-order valence-electron chi connectivity index (χ3n) is 2.31. The number of rotatable bonds is 5. The van der Waals surface area contributed by atoms with Gasteiger partial charge in [0, 0.05) is 12.7 Å². The lowest BCUT2D eigenvalue weighted by molar-refractivity contribution is 0.539. The standard InChI is InChI=1S/C9H17N5O2S/c1-4-14-5-7(12-6-14)17(15,16)13-9(2,3)8(10)11/h5-6,13H,4H2,1-3H3,(H3,10,11). The molecule has 1 aromatic heterocycles. The van der Waals surface area contributed by atoms with Crippen LogP contribution in [0.5, 0.6) is 0 Å². The Morgan fingerprint density at radius 3 is 2.65 bits per heavy atom. The second kappa shape index (κ2) is 4.46. The largest absolute Gasteiger partial charge is 0.386 e. The molecule has 0 amide bonds. The number of sulfonamides is 1. The summed E-state index contributed by atoms with van der Waals surface area (Å²) in [5, 5.41) is 7.23. The Bertz CT molecular complexity index is 517. The summed E-state index contributed by atoms with van der Waals surface area (Å²) < 4.78 is 27.9. The van der Waals surface area contributed by atoms with Crippen molar-refractivity contribution in [2.75, 3.05) is 0 Å². The highest BCUT2D eigenvalue weighted by Crippen LogP contribution is 2.10. The van der Waals surface area contributed by atoms with E-state index in [1.807, 2.05) is 6.92 Å². The van der Waals surface area contributed by atoms with Gasteiger partial charge in [0.1, 0.15) is 5.84 Å². The Balaban J connectivity index is 3.01. The summed E-state index contributed by atoms with van der Waals surface area (Å²) in [6.45, 7) is 5.55. The van der Waals surface area contributed by atoms with Gasteiger partial charge in [0.2, 0.25) is 0 Å². The van der Waals surface area contributed by atoms with Gasteiger partial charge in [-0.1, -0.05) is 0 Å². The first kappa shape index (κ1) is 13.7. The summed E-state index contributed by atoms with van der Waals surface area (Å²) in [5.41, 5.74) is 4.19. The van der Waals surface area contributed by atoms with Gasteiger partial charge in [-0.15, -0.1) is 0 Å². The van der Waals surface area contributed by atoms with Crippen molar-refractivity contribution in [2.24, 2.45) is 5.73 Å². The Morgan fingerprint density at radius 1 is 1.65 bits per heavy atom. The van der Waals surface area contributed by atoms with Gasteiger partial charge in [0.15, 0.2) is 5.03 Å². The second-order valence-corrected chi connectivity index (χ2v) is 5.82. The number of aromatic nitrogens is 2. The van der Waals surface area contributed by atoms with Crippen LogP contribution in [0.1, 0.15) is 20.8 Å². The lowest BCUT2D eigenvalue weighted by atomic mass is 10.1. The van der Waals surface area contributed by atoms with Crippen LogP contribution in [0.2, 0.25) is 0 Å². The molecule has 0 saturated heterocycles. The number of hydrogen-bond acceptors (Lipinski definition) is 4. The van der Waals surface area contributed by atoms with Gasteiger partial charge >= 0.3 is 0 Å². The molecule has 1 aromatic rings. The number of nitrogens with one attached hydrogen (secondary N) is 2. The van der Waals surface area contributed by atoms with Crippen LogP contribution in [0, 0.1) is 5.41 Å². The van der Waals surface area contributed by atoms with E-state index in [9.17, 15) is 8.42 Å². The summed E-state index contributed by atoms with van der Waals surface area (Å²) in [7, 11) is -3.76. The van der Waals surface area contributed by atoms with Crippen LogP contribution in [0.25, 0.3) is 0 Å². The molecule has 0 bridgehead atoms. The summed E-state index contributed by atoms with van der Waals surface area (Å²) in [5.74, 6) is -0.254. The van der Waals surface area contributed by atoms with Gasteiger partial charge < -0.3 is 10.3 Å². The third-order valence-corrected chi connectivity index (χ3v) is 3.85. The number of nitrogens with zero attached hydrogens (tertiary/aromatic N) is 2. The molecular weight excluding hydrogens is 242 g/mol. The van der Waals surface area contributed by atoms with Crippen molar-refractivity contribution in [3.8, 4) is 0 Å². The molecule has 0 radical (unpaired) electrons. The lowest BCUT2D eigenvalue weighted by Gasteiger charge is -2.23. The Morgan fingerprint density at radius 2 is 2.24 bits per heavy atom. The minimum atomic E-state index is -3.76. The van der Waals surface area contributed by atoms with E-state index in [2.05, 4.69) is 9.71 Å². The fourth-order valence-corrected chi connectivity index (χ4v) is 2.44. The highest BCUT2D eigenvalue weighted by atomic mass is 32.2. The monoisotopic (exact) mass is 259 g/mol. The second-order valence-electron chi connectivity index (χ2n) is 4.19. The van der Waals surface area contributed by atoms with Crippen molar-refractivity contribution in [3.05, 3.63) is 12.5 Å². The minimum Gasteiger partial charge on any atom is -0.386 e. The molecule has 1 rings (SSSR count). The molecule has 1 heterocycles. The van der Waals surface area contributed by atoms with Gasteiger partial charge in [0.25, 0.3) is 10.0 Å². The quantitative estimate of drug-likeness (QED) is 0.506. The fourth-order valence-electron chi connectivity index (χ4n) is 1.09. The maximum Gasteiger partial charge on any atom is 0.260 e. The summed E-state index contributed by atoms with van der Waals surface area (Å²) >= 11 is 0. The Hall–Kier alpha value is -1.41. The van der Waals surface area contributed by atoms with E-state index in [-0.39, 0.29) is 10.9 Å². The first-order chi connectivity index (χ1) is 7.69. The molecule has 0 unspecified atom stereocenters. The average Bonchev–Trinajstić information content (AvgIpc) is 2.64. The van der Waals surface area contributed by atoms with Gasteiger partial charge in [-0.3, -0.25) is 5.41 Å². The summed E-state index contributed by atoms with van der Waals surface area (Å²) in [6.07, 6.45) is 2.87. The topological polar surface area (TPSA) is 114 Å². The highest BCUT2D eigenvalue weighted by molar-refractivity contribution is 7.89.